The number of benzene rings is 2. The number of hydrogen-bond acceptors (Lipinski definition) is 5. The second-order valence-corrected chi connectivity index (χ2v) is 9.03. The Kier molecular flexibility index (Phi) is 8.55. The molecule has 0 unspecified atom stereocenters. The summed E-state index contributed by atoms with van der Waals surface area (Å²) in [4.78, 5) is 16.5. The van der Waals surface area contributed by atoms with Gasteiger partial charge in [-0.05, 0) is 51.5 Å². The molecule has 3 aromatic rings. The van der Waals surface area contributed by atoms with Crippen LogP contribution in [0.3, 0.4) is 0 Å². The summed E-state index contributed by atoms with van der Waals surface area (Å²) >= 11 is 3.82. The van der Waals surface area contributed by atoms with Gasteiger partial charge in [-0.1, -0.05) is 45.0 Å². The van der Waals surface area contributed by atoms with Crippen molar-refractivity contribution in [3.8, 4) is 5.75 Å². The quantitative estimate of drug-likeness (QED) is 0.288. The first kappa shape index (κ1) is 24.8. The number of anilines is 2. The number of methoxy groups -OCH3 is 1. The fourth-order valence-electron chi connectivity index (χ4n) is 3.72. The van der Waals surface area contributed by atoms with Crippen LogP contribution in [0.25, 0.3) is 0 Å². The summed E-state index contributed by atoms with van der Waals surface area (Å²) in [6.45, 7) is 10.2. The Morgan fingerprint density at radius 1 is 1.15 bits per heavy atom. The predicted octanol–water partition coefficient (Wildman–Crippen LogP) is 6.46. The highest BCUT2D eigenvalue weighted by Gasteiger charge is 2.19. The van der Waals surface area contributed by atoms with Gasteiger partial charge in [-0.25, -0.2) is 4.98 Å². The normalized spacial score (nSPS) is 11.0. The standard InChI is InChI=1S/C26H33BrN4O2/c1-6-21(32)26-29-12-13-31(26)16-20-14-22(33-5)24(28-7-2)25(23(20)27)30-15-18-8-10-19(11-9-18)17(3)4/h8-14,17,28,30H,6-7,15-16H2,1-5H3. The van der Waals surface area contributed by atoms with Crippen LogP contribution in [0.2, 0.25) is 0 Å². The van der Waals surface area contributed by atoms with Crippen LogP contribution in [0.4, 0.5) is 11.4 Å². The van der Waals surface area contributed by atoms with Crippen molar-refractivity contribution in [3.63, 3.8) is 0 Å². The van der Waals surface area contributed by atoms with Crippen LogP contribution in [0.15, 0.2) is 47.2 Å². The molecule has 3 rings (SSSR count). The summed E-state index contributed by atoms with van der Waals surface area (Å²) in [5.41, 5.74) is 5.36. The number of carbonyl (C=O) groups is 1. The largest absolute Gasteiger partial charge is 0.494 e. The number of aromatic nitrogens is 2. The van der Waals surface area contributed by atoms with Crippen molar-refractivity contribution in [3.05, 3.63) is 69.7 Å². The van der Waals surface area contributed by atoms with Gasteiger partial charge in [0.15, 0.2) is 11.6 Å². The number of nitrogens with zero attached hydrogens (tertiary/aromatic N) is 2. The average Bonchev–Trinajstić information content (AvgIpc) is 3.28. The molecule has 0 bridgehead atoms. The molecule has 0 spiro atoms. The van der Waals surface area contributed by atoms with E-state index in [1.807, 2.05) is 23.8 Å². The molecule has 33 heavy (non-hydrogen) atoms. The minimum Gasteiger partial charge on any atom is -0.494 e. The molecule has 6 nitrogen and oxygen atoms in total. The minimum atomic E-state index is 0.0237. The Morgan fingerprint density at radius 3 is 2.48 bits per heavy atom. The van der Waals surface area contributed by atoms with Gasteiger partial charge in [-0.2, -0.15) is 0 Å². The van der Waals surface area contributed by atoms with Gasteiger partial charge in [0.05, 0.1) is 19.3 Å². The first-order chi connectivity index (χ1) is 15.9. The topological polar surface area (TPSA) is 68.2 Å². The van der Waals surface area contributed by atoms with Crippen molar-refractivity contribution in [2.24, 2.45) is 0 Å². The number of nitrogens with one attached hydrogen (secondary N) is 2. The van der Waals surface area contributed by atoms with Crippen molar-refractivity contribution in [2.75, 3.05) is 24.3 Å². The second kappa shape index (κ2) is 11.4. The lowest BCUT2D eigenvalue weighted by molar-refractivity contribution is 0.0974. The van der Waals surface area contributed by atoms with Crippen LogP contribution in [0.5, 0.6) is 5.75 Å². The lowest BCUT2D eigenvalue weighted by atomic mass is 10.0. The molecular weight excluding hydrogens is 480 g/mol. The predicted molar refractivity (Wildman–Crippen MR) is 139 cm³/mol. The Labute approximate surface area is 204 Å². The van der Waals surface area contributed by atoms with Gasteiger partial charge < -0.3 is 19.9 Å². The van der Waals surface area contributed by atoms with E-state index in [9.17, 15) is 4.79 Å². The van der Waals surface area contributed by atoms with Gasteiger partial charge in [-0.3, -0.25) is 4.79 Å². The maximum atomic E-state index is 12.3. The average molecular weight is 513 g/mol. The Bertz CT molecular complexity index is 1090. The third kappa shape index (κ3) is 5.77. The summed E-state index contributed by atoms with van der Waals surface area (Å²) in [6.07, 6.45) is 3.92. The van der Waals surface area contributed by atoms with Gasteiger partial charge in [0, 0.05) is 36.4 Å². The zero-order valence-corrected chi connectivity index (χ0v) is 21.6. The highest BCUT2D eigenvalue weighted by atomic mass is 79.9. The van der Waals surface area contributed by atoms with E-state index in [1.165, 1.54) is 11.1 Å². The molecule has 1 aromatic heterocycles. The van der Waals surface area contributed by atoms with E-state index < -0.39 is 0 Å². The van der Waals surface area contributed by atoms with Crippen molar-refractivity contribution < 1.29 is 9.53 Å². The Morgan fingerprint density at radius 2 is 1.88 bits per heavy atom. The number of carbonyl (C=O) groups excluding carboxylic acids is 1. The van der Waals surface area contributed by atoms with E-state index in [2.05, 4.69) is 76.6 Å². The molecule has 176 valence electrons. The van der Waals surface area contributed by atoms with E-state index >= 15 is 0 Å². The summed E-state index contributed by atoms with van der Waals surface area (Å²) in [5.74, 6) is 1.75. The number of ether oxygens (including phenoxy) is 1. The van der Waals surface area contributed by atoms with Gasteiger partial charge in [0.1, 0.15) is 11.4 Å². The van der Waals surface area contributed by atoms with E-state index in [-0.39, 0.29) is 5.78 Å². The fraction of sp³-hybridized carbons (Fsp3) is 0.385. The van der Waals surface area contributed by atoms with Gasteiger partial charge >= 0.3 is 0 Å². The van der Waals surface area contributed by atoms with Crippen molar-refractivity contribution in [1.82, 2.24) is 9.55 Å². The third-order valence-electron chi connectivity index (χ3n) is 5.62. The molecule has 0 aliphatic heterocycles. The zero-order chi connectivity index (χ0) is 24.0. The Hall–Kier alpha value is -2.80. The van der Waals surface area contributed by atoms with Crippen molar-refractivity contribution >= 4 is 33.1 Å². The molecule has 0 amide bonds. The molecule has 0 saturated heterocycles. The number of rotatable bonds is 11. The van der Waals surface area contributed by atoms with Gasteiger partial charge in [-0.15, -0.1) is 0 Å². The lowest BCUT2D eigenvalue weighted by Crippen LogP contribution is -2.13. The van der Waals surface area contributed by atoms with Crippen LogP contribution in [0.1, 0.15) is 67.3 Å². The van der Waals surface area contributed by atoms with E-state index in [0.29, 0.717) is 31.3 Å². The highest BCUT2D eigenvalue weighted by molar-refractivity contribution is 9.10. The van der Waals surface area contributed by atoms with Crippen LogP contribution in [-0.4, -0.2) is 29.0 Å². The molecule has 0 fully saturated rings. The van der Waals surface area contributed by atoms with Crippen LogP contribution >= 0.6 is 15.9 Å². The first-order valence-corrected chi connectivity index (χ1v) is 12.2. The molecule has 0 aliphatic carbocycles. The van der Waals surface area contributed by atoms with Crippen molar-refractivity contribution in [1.29, 1.82) is 0 Å². The van der Waals surface area contributed by atoms with E-state index in [1.54, 1.807) is 13.3 Å². The maximum absolute atomic E-state index is 12.3. The van der Waals surface area contributed by atoms with Crippen molar-refractivity contribution in [2.45, 2.75) is 53.1 Å². The number of imidazole rings is 1. The number of hydrogen-bond donors (Lipinski definition) is 2. The fourth-order valence-corrected chi connectivity index (χ4v) is 4.30. The summed E-state index contributed by atoms with van der Waals surface area (Å²) in [7, 11) is 1.67. The Balaban J connectivity index is 1.95. The number of halogens is 1. The van der Waals surface area contributed by atoms with Gasteiger partial charge in [0.25, 0.3) is 0 Å². The summed E-state index contributed by atoms with van der Waals surface area (Å²) in [5, 5.41) is 7.02. The van der Waals surface area contributed by atoms with E-state index in [4.69, 9.17) is 4.74 Å². The third-order valence-corrected chi connectivity index (χ3v) is 6.52. The first-order valence-electron chi connectivity index (χ1n) is 11.4. The molecule has 0 radical (unpaired) electrons. The van der Waals surface area contributed by atoms with Crippen LogP contribution in [0, 0.1) is 0 Å². The summed E-state index contributed by atoms with van der Waals surface area (Å²) in [6, 6.07) is 10.7. The minimum absolute atomic E-state index is 0.0237. The van der Waals surface area contributed by atoms with Crippen LogP contribution in [-0.2, 0) is 13.1 Å². The second-order valence-electron chi connectivity index (χ2n) is 8.24. The summed E-state index contributed by atoms with van der Waals surface area (Å²) < 4.78 is 8.54. The smallest absolute Gasteiger partial charge is 0.197 e. The van der Waals surface area contributed by atoms with E-state index in [0.717, 1.165) is 33.7 Å². The van der Waals surface area contributed by atoms with Crippen LogP contribution < -0.4 is 15.4 Å². The lowest BCUT2D eigenvalue weighted by Gasteiger charge is -2.21. The number of Topliss-reactive ketones (excluding diaryl/α,β-unsaturated/α-hetero) is 1. The monoisotopic (exact) mass is 512 g/mol. The highest BCUT2D eigenvalue weighted by Crippen LogP contribution is 2.42. The molecule has 2 N–H and O–H groups in total. The number of ketones is 1. The zero-order valence-electron chi connectivity index (χ0n) is 20.0. The van der Waals surface area contributed by atoms with Gasteiger partial charge in [0.2, 0.25) is 0 Å². The molecule has 0 saturated carbocycles. The molecule has 0 atom stereocenters. The molecule has 0 aliphatic rings. The molecular formula is C26H33BrN4O2. The molecule has 7 heteroatoms. The molecule has 2 aromatic carbocycles. The molecule has 1 heterocycles. The SMILES string of the molecule is CCNc1c(OC)cc(Cn2ccnc2C(=O)CC)c(Br)c1NCc1ccc(C(C)C)cc1. The maximum Gasteiger partial charge on any atom is 0.197 e.